The van der Waals surface area contributed by atoms with Gasteiger partial charge in [0.25, 0.3) is 0 Å². The standard InChI is InChI=1S/C25H21ClN4/c1-28-23-11-9-17(13-21(23)26)25-20(15-27)19-10-8-16(22-7-2-3-12-29-22)14-24(19)30(25)18-5-4-6-18/h2-3,7-14,18,28H,4-6H2,1H3. The molecule has 1 aliphatic rings. The summed E-state index contributed by atoms with van der Waals surface area (Å²) in [6.07, 6.45) is 5.27. The second-order valence-electron chi connectivity index (χ2n) is 7.68. The van der Waals surface area contributed by atoms with Crippen LogP contribution in [0.1, 0.15) is 30.9 Å². The van der Waals surface area contributed by atoms with Crippen LogP contribution in [-0.4, -0.2) is 16.6 Å². The van der Waals surface area contributed by atoms with Crippen molar-refractivity contribution < 1.29 is 0 Å². The molecule has 0 spiro atoms. The first-order chi connectivity index (χ1) is 14.7. The second-order valence-corrected chi connectivity index (χ2v) is 8.09. The van der Waals surface area contributed by atoms with Gasteiger partial charge in [0, 0.05) is 35.8 Å². The van der Waals surface area contributed by atoms with Crippen LogP contribution in [0.3, 0.4) is 0 Å². The van der Waals surface area contributed by atoms with E-state index in [0.717, 1.165) is 51.9 Å². The Kier molecular flexibility index (Phi) is 4.69. The van der Waals surface area contributed by atoms with Gasteiger partial charge in [0.2, 0.25) is 0 Å². The van der Waals surface area contributed by atoms with E-state index in [1.54, 1.807) is 0 Å². The van der Waals surface area contributed by atoms with E-state index in [-0.39, 0.29) is 0 Å². The molecular formula is C25H21ClN4. The van der Waals surface area contributed by atoms with Crippen LogP contribution in [0.25, 0.3) is 33.4 Å². The molecule has 4 nitrogen and oxygen atoms in total. The quantitative estimate of drug-likeness (QED) is 0.407. The first-order valence-corrected chi connectivity index (χ1v) is 10.6. The fourth-order valence-electron chi connectivity index (χ4n) is 4.29. The van der Waals surface area contributed by atoms with Crippen molar-refractivity contribution in [2.24, 2.45) is 0 Å². The third-order valence-corrected chi connectivity index (χ3v) is 6.34. The molecule has 2 aromatic carbocycles. The molecule has 1 N–H and O–H groups in total. The molecule has 4 aromatic rings. The van der Waals surface area contributed by atoms with Gasteiger partial charge in [0.15, 0.2) is 0 Å². The van der Waals surface area contributed by atoms with Gasteiger partial charge in [-0.05, 0) is 49.6 Å². The average Bonchev–Trinajstić information content (AvgIpc) is 3.06. The van der Waals surface area contributed by atoms with E-state index in [1.165, 1.54) is 6.42 Å². The van der Waals surface area contributed by atoms with Crippen molar-refractivity contribution in [2.75, 3.05) is 12.4 Å². The molecule has 1 aliphatic carbocycles. The van der Waals surface area contributed by atoms with Crippen molar-refractivity contribution in [3.8, 4) is 28.6 Å². The number of nitrogens with one attached hydrogen (secondary N) is 1. The van der Waals surface area contributed by atoms with Gasteiger partial charge in [-0.3, -0.25) is 4.98 Å². The predicted molar refractivity (Wildman–Crippen MR) is 123 cm³/mol. The molecule has 2 heterocycles. The molecule has 0 radical (unpaired) electrons. The van der Waals surface area contributed by atoms with Crippen molar-refractivity contribution in [2.45, 2.75) is 25.3 Å². The van der Waals surface area contributed by atoms with Crippen LogP contribution in [0.5, 0.6) is 0 Å². The van der Waals surface area contributed by atoms with Gasteiger partial charge in [-0.1, -0.05) is 35.9 Å². The zero-order chi connectivity index (χ0) is 20.7. The van der Waals surface area contributed by atoms with E-state index in [4.69, 9.17) is 11.6 Å². The molecule has 0 amide bonds. The van der Waals surface area contributed by atoms with Gasteiger partial charge < -0.3 is 9.88 Å². The number of hydrogen-bond donors (Lipinski definition) is 1. The molecular weight excluding hydrogens is 392 g/mol. The van der Waals surface area contributed by atoms with Crippen molar-refractivity contribution in [3.63, 3.8) is 0 Å². The highest BCUT2D eigenvalue weighted by atomic mass is 35.5. The summed E-state index contributed by atoms with van der Waals surface area (Å²) in [5, 5.41) is 14.8. The Balaban J connectivity index is 1.79. The van der Waals surface area contributed by atoms with E-state index >= 15 is 0 Å². The van der Waals surface area contributed by atoms with Gasteiger partial charge in [-0.15, -0.1) is 0 Å². The topological polar surface area (TPSA) is 53.6 Å². The van der Waals surface area contributed by atoms with Gasteiger partial charge in [0.05, 0.1) is 33.2 Å². The number of nitriles is 1. The maximum atomic E-state index is 10.1. The van der Waals surface area contributed by atoms with Crippen LogP contribution in [-0.2, 0) is 0 Å². The summed E-state index contributed by atoms with van der Waals surface area (Å²) in [7, 11) is 1.85. The van der Waals surface area contributed by atoms with Crippen molar-refractivity contribution in [1.82, 2.24) is 9.55 Å². The van der Waals surface area contributed by atoms with E-state index < -0.39 is 0 Å². The normalized spacial score (nSPS) is 13.8. The summed E-state index contributed by atoms with van der Waals surface area (Å²) in [6.45, 7) is 0. The summed E-state index contributed by atoms with van der Waals surface area (Å²) in [4.78, 5) is 4.50. The van der Waals surface area contributed by atoms with Crippen LogP contribution >= 0.6 is 11.6 Å². The number of aromatic nitrogens is 2. The molecule has 148 valence electrons. The highest BCUT2D eigenvalue weighted by Crippen LogP contribution is 2.44. The summed E-state index contributed by atoms with van der Waals surface area (Å²) in [5.41, 5.74) is 6.59. The lowest BCUT2D eigenvalue weighted by molar-refractivity contribution is 0.324. The Morgan fingerprint density at radius 2 is 1.93 bits per heavy atom. The molecule has 0 aliphatic heterocycles. The SMILES string of the molecule is CNc1ccc(-c2c(C#N)c3ccc(-c4ccccn4)cc3n2C2CCC2)cc1Cl. The minimum Gasteiger partial charge on any atom is -0.387 e. The number of benzene rings is 2. The molecule has 1 saturated carbocycles. The number of nitrogens with zero attached hydrogens (tertiary/aromatic N) is 3. The Hall–Kier alpha value is -3.29. The van der Waals surface area contributed by atoms with E-state index in [9.17, 15) is 5.26 Å². The Morgan fingerprint density at radius 1 is 1.10 bits per heavy atom. The zero-order valence-electron chi connectivity index (χ0n) is 16.7. The van der Waals surface area contributed by atoms with Gasteiger partial charge in [0.1, 0.15) is 6.07 Å². The van der Waals surface area contributed by atoms with Crippen LogP contribution in [0, 0.1) is 11.3 Å². The van der Waals surface area contributed by atoms with Crippen LogP contribution < -0.4 is 5.32 Å². The number of pyridine rings is 1. The van der Waals surface area contributed by atoms with E-state index in [1.807, 2.05) is 49.6 Å². The maximum Gasteiger partial charge on any atom is 0.102 e. The van der Waals surface area contributed by atoms with Crippen molar-refractivity contribution >= 4 is 28.2 Å². The zero-order valence-corrected chi connectivity index (χ0v) is 17.4. The van der Waals surface area contributed by atoms with Crippen LogP contribution in [0.15, 0.2) is 60.8 Å². The molecule has 5 rings (SSSR count). The fourth-order valence-corrected chi connectivity index (χ4v) is 4.56. The fraction of sp³-hybridized carbons (Fsp3) is 0.200. The molecule has 2 aromatic heterocycles. The molecule has 0 unspecified atom stereocenters. The Morgan fingerprint density at radius 3 is 2.57 bits per heavy atom. The summed E-state index contributed by atoms with van der Waals surface area (Å²) < 4.78 is 2.36. The summed E-state index contributed by atoms with van der Waals surface area (Å²) in [5.74, 6) is 0. The maximum absolute atomic E-state index is 10.1. The van der Waals surface area contributed by atoms with Crippen molar-refractivity contribution in [1.29, 1.82) is 5.26 Å². The highest BCUT2D eigenvalue weighted by molar-refractivity contribution is 6.33. The molecule has 0 atom stereocenters. The monoisotopic (exact) mass is 412 g/mol. The first kappa shape index (κ1) is 18.7. The first-order valence-electron chi connectivity index (χ1n) is 10.2. The van der Waals surface area contributed by atoms with Crippen molar-refractivity contribution in [3.05, 3.63) is 71.4 Å². The second kappa shape index (κ2) is 7.51. The number of fused-ring (bicyclic) bond motifs is 1. The van der Waals surface area contributed by atoms with Gasteiger partial charge in [-0.25, -0.2) is 0 Å². The number of hydrogen-bond acceptors (Lipinski definition) is 3. The van der Waals surface area contributed by atoms with Gasteiger partial charge >= 0.3 is 0 Å². The molecule has 0 saturated heterocycles. The number of anilines is 1. The largest absolute Gasteiger partial charge is 0.387 e. The van der Waals surface area contributed by atoms with Crippen LogP contribution in [0.4, 0.5) is 5.69 Å². The Labute approximate surface area is 180 Å². The molecule has 1 fully saturated rings. The van der Waals surface area contributed by atoms with E-state index in [0.29, 0.717) is 16.6 Å². The number of halogens is 1. The summed E-state index contributed by atoms with van der Waals surface area (Å²) in [6, 6.07) is 21.0. The minimum atomic E-state index is 0.395. The number of rotatable bonds is 4. The lowest BCUT2D eigenvalue weighted by Crippen LogP contribution is -2.17. The lowest BCUT2D eigenvalue weighted by Gasteiger charge is -2.30. The third kappa shape index (κ3) is 2.94. The molecule has 0 bridgehead atoms. The molecule has 5 heteroatoms. The third-order valence-electron chi connectivity index (χ3n) is 6.03. The minimum absolute atomic E-state index is 0.395. The lowest BCUT2D eigenvalue weighted by atomic mass is 9.92. The highest BCUT2D eigenvalue weighted by Gasteiger charge is 2.28. The predicted octanol–water partition coefficient (Wildman–Crippen LogP) is 6.66. The van der Waals surface area contributed by atoms with E-state index in [2.05, 4.69) is 39.1 Å². The molecule has 30 heavy (non-hydrogen) atoms. The van der Waals surface area contributed by atoms with Crippen LogP contribution in [0.2, 0.25) is 5.02 Å². The Bertz CT molecular complexity index is 1280. The average molecular weight is 413 g/mol. The van der Waals surface area contributed by atoms with Gasteiger partial charge in [-0.2, -0.15) is 5.26 Å². The smallest absolute Gasteiger partial charge is 0.102 e. The summed E-state index contributed by atoms with van der Waals surface area (Å²) >= 11 is 6.50.